The van der Waals surface area contributed by atoms with Gasteiger partial charge in [-0.2, -0.15) is 0 Å². The minimum absolute atomic E-state index is 0.00214. The van der Waals surface area contributed by atoms with Gasteiger partial charge in [0.1, 0.15) is 0 Å². The third-order valence-electron chi connectivity index (χ3n) is 2.66. The number of aromatic amines is 1. The second-order valence-electron chi connectivity index (χ2n) is 3.99. The van der Waals surface area contributed by atoms with E-state index in [4.69, 9.17) is 4.74 Å². The van der Waals surface area contributed by atoms with Crippen LogP contribution < -0.4 is 9.46 Å². The smallest absolute Gasteiger partial charge is 0.312 e. The van der Waals surface area contributed by atoms with Gasteiger partial charge < -0.3 is 9.72 Å². The van der Waals surface area contributed by atoms with Crippen LogP contribution in [0.4, 0.5) is 5.69 Å². The molecule has 2 aromatic rings. The zero-order valence-electron chi connectivity index (χ0n) is 10.9. The molecule has 112 valence electrons. The van der Waals surface area contributed by atoms with Crippen molar-refractivity contribution < 1.29 is 18.1 Å². The van der Waals surface area contributed by atoms with Crippen molar-refractivity contribution in [1.29, 1.82) is 0 Å². The topological polar surface area (TPSA) is 127 Å². The maximum atomic E-state index is 12.1. The first-order valence-corrected chi connectivity index (χ1v) is 7.21. The lowest BCUT2D eigenvalue weighted by atomic mass is 10.3. The van der Waals surface area contributed by atoms with Gasteiger partial charge in [-0.1, -0.05) is 0 Å². The summed E-state index contributed by atoms with van der Waals surface area (Å²) in [7, 11) is -2.60. The summed E-state index contributed by atoms with van der Waals surface area (Å²) in [5, 5.41) is 10.9. The van der Waals surface area contributed by atoms with Gasteiger partial charge in [-0.3, -0.25) is 10.1 Å². The van der Waals surface area contributed by atoms with Crippen LogP contribution in [-0.4, -0.2) is 30.4 Å². The Hall–Kier alpha value is -2.46. The molecule has 0 fully saturated rings. The SMILES string of the molecule is COc1ccc(S(=O)(=O)NCc2cnc[nH]2)cc1[N+](=O)[O-]. The Labute approximate surface area is 120 Å². The van der Waals surface area contributed by atoms with E-state index in [-0.39, 0.29) is 17.2 Å². The van der Waals surface area contributed by atoms with Gasteiger partial charge in [-0.25, -0.2) is 18.1 Å². The summed E-state index contributed by atoms with van der Waals surface area (Å²) >= 11 is 0. The average Bonchev–Trinajstić information content (AvgIpc) is 2.97. The molecule has 0 unspecified atom stereocenters. The van der Waals surface area contributed by atoms with Gasteiger partial charge in [-0.15, -0.1) is 0 Å². The predicted molar refractivity (Wildman–Crippen MR) is 72.3 cm³/mol. The molecule has 1 heterocycles. The summed E-state index contributed by atoms with van der Waals surface area (Å²) in [5.74, 6) is -0.00693. The number of nitrogens with zero attached hydrogens (tertiary/aromatic N) is 2. The van der Waals surface area contributed by atoms with E-state index in [0.29, 0.717) is 5.69 Å². The molecule has 0 aliphatic carbocycles. The van der Waals surface area contributed by atoms with Crippen molar-refractivity contribution in [2.75, 3.05) is 7.11 Å². The lowest BCUT2D eigenvalue weighted by Crippen LogP contribution is -2.23. The molecular weight excluding hydrogens is 300 g/mol. The molecule has 0 saturated heterocycles. The lowest BCUT2D eigenvalue weighted by molar-refractivity contribution is -0.386. The van der Waals surface area contributed by atoms with Gasteiger partial charge >= 0.3 is 5.69 Å². The van der Waals surface area contributed by atoms with Crippen LogP contribution in [0.1, 0.15) is 5.69 Å². The van der Waals surface area contributed by atoms with Gasteiger partial charge in [0.05, 0.1) is 29.8 Å². The van der Waals surface area contributed by atoms with Gasteiger partial charge in [0.2, 0.25) is 10.0 Å². The number of hydrogen-bond acceptors (Lipinski definition) is 6. The lowest BCUT2D eigenvalue weighted by Gasteiger charge is -2.07. The molecule has 0 aliphatic heterocycles. The summed E-state index contributed by atoms with van der Waals surface area (Å²) in [4.78, 5) is 16.5. The highest BCUT2D eigenvalue weighted by Crippen LogP contribution is 2.29. The number of hydrogen-bond donors (Lipinski definition) is 2. The van der Waals surface area contributed by atoms with Gasteiger partial charge in [0.25, 0.3) is 0 Å². The third kappa shape index (κ3) is 3.35. The monoisotopic (exact) mass is 312 g/mol. The first-order chi connectivity index (χ1) is 9.94. The second kappa shape index (κ2) is 5.89. The summed E-state index contributed by atoms with van der Waals surface area (Å²) in [6, 6.07) is 3.43. The number of nitro benzene ring substituents is 1. The molecule has 0 bridgehead atoms. The highest BCUT2D eigenvalue weighted by atomic mass is 32.2. The standard InChI is InChI=1S/C11H12N4O5S/c1-20-11-3-2-9(4-10(11)15(16)17)21(18,19)14-6-8-5-12-7-13-8/h2-5,7,14H,6H2,1H3,(H,12,13). The molecule has 0 amide bonds. The molecule has 21 heavy (non-hydrogen) atoms. The number of aromatic nitrogens is 2. The van der Waals surface area contributed by atoms with Crippen molar-refractivity contribution in [2.24, 2.45) is 0 Å². The first kappa shape index (κ1) is 14.9. The molecule has 2 N–H and O–H groups in total. The van der Waals surface area contributed by atoms with E-state index in [1.54, 1.807) is 0 Å². The van der Waals surface area contributed by atoms with Crippen LogP contribution in [0.3, 0.4) is 0 Å². The highest BCUT2D eigenvalue weighted by molar-refractivity contribution is 7.89. The van der Waals surface area contributed by atoms with E-state index >= 15 is 0 Å². The highest BCUT2D eigenvalue weighted by Gasteiger charge is 2.21. The Morgan fingerprint density at radius 2 is 2.24 bits per heavy atom. The van der Waals surface area contributed by atoms with E-state index in [1.165, 1.54) is 31.8 Å². The molecule has 0 radical (unpaired) electrons. The van der Waals surface area contributed by atoms with Crippen LogP contribution in [0.25, 0.3) is 0 Å². The number of nitro groups is 1. The van der Waals surface area contributed by atoms with E-state index < -0.39 is 20.6 Å². The number of imidazole rings is 1. The Morgan fingerprint density at radius 1 is 1.48 bits per heavy atom. The molecule has 0 atom stereocenters. The quantitative estimate of drug-likeness (QED) is 0.600. The predicted octanol–water partition coefficient (Wildman–Crippen LogP) is 0.805. The fraction of sp³-hybridized carbons (Fsp3) is 0.182. The summed E-state index contributed by atoms with van der Waals surface area (Å²) < 4.78 is 31.3. The Morgan fingerprint density at radius 3 is 2.81 bits per heavy atom. The van der Waals surface area contributed by atoms with E-state index in [1.807, 2.05) is 0 Å². The van der Waals surface area contributed by atoms with Crippen molar-refractivity contribution in [3.8, 4) is 5.75 Å². The largest absolute Gasteiger partial charge is 0.490 e. The molecule has 1 aromatic heterocycles. The third-order valence-corrected chi connectivity index (χ3v) is 4.06. The molecule has 0 saturated carbocycles. The van der Waals surface area contributed by atoms with E-state index in [0.717, 1.165) is 6.07 Å². The Kier molecular flexibility index (Phi) is 4.19. The fourth-order valence-corrected chi connectivity index (χ4v) is 2.64. The number of rotatable bonds is 6. The van der Waals surface area contributed by atoms with Gasteiger partial charge in [-0.05, 0) is 12.1 Å². The molecule has 10 heteroatoms. The average molecular weight is 312 g/mol. The van der Waals surface area contributed by atoms with Gasteiger partial charge in [0.15, 0.2) is 5.75 Å². The number of nitrogens with one attached hydrogen (secondary N) is 2. The van der Waals surface area contributed by atoms with Crippen LogP contribution in [0.5, 0.6) is 5.75 Å². The number of H-pyrrole nitrogens is 1. The Bertz CT molecular complexity index is 742. The van der Waals surface area contributed by atoms with Crippen LogP contribution in [0, 0.1) is 10.1 Å². The van der Waals surface area contributed by atoms with Crippen molar-refractivity contribution in [3.63, 3.8) is 0 Å². The molecule has 0 spiro atoms. The van der Waals surface area contributed by atoms with Crippen LogP contribution >= 0.6 is 0 Å². The van der Waals surface area contributed by atoms with E-state index in [9.17, 15) is 18.5 Å². The molecule has 1 aromatic carbocycles. The van der Waals surface area contributed by atoms with Crippen molar-refractivity contribution in [1.82, 2.24) is 14.7 Å². The molecule has 9 nitrogen and oxygen atoms in total. The van der Waals surface area contributed by atoms with Crippen molar-refractivity contribution in [2.45, 2.75) is 11.4 Å². The first-order valence-electron chi connectivity index (χ1n) is 5.73. The fourth-order valence-electron chi connectivity index (χ4n) is 1.62. The number of ether oxygens (including phenoxy) is 1. The van der Waals surface area contributed by atoms with E-state index in [2.05, 4.69) is 14.7 Å². The maximum Gasteiger partial charge on any atom is 0.312 e. The van der Waals surface area contributed by atoms with Crippen LogP contribution in [0.2, 0.25) is 0 Å². The molecule has 0 aliphatic rings. The number of sulfonamides is 1. The maximum absolute atomic E-state index is 12.1. The number of methoxy groups -OCH3 is 1. The van der Waals surface area contributed by atoms with Gasteiger partial charge in [0, 0.05) is 18.0 Å². The van der Waals surface area contributed by atoms with Crippen LogP contribution in [0.15, 0.2) is 35.6 Å². The normalized spacial score (nSPS) is 11.3. The Balaban J connectivity index is 2.27. The van der Waals surface area contributed by atoms with Crippen molar-refractivity contribution >= 4 is 15.7 Å². The summed E-state index contributed by atoms with van der Waals surface area (Å²) in [6.07, 6.45) is 2.89. The minimum atomic E-state index is -3.88. The molecular formula is C11H12N4O5S. The van der Waals surface area contributed by atoms with Crippen molar-refractivity contribution in [3.05, 3.63) is 46.5 Å². The minimum Gasteiger partial charge on any atom is -0.490 e. The van der Waals surface area contributed by atoms with Crippen LogP contribution in [-0.2, 0) is 16.6 Å². The zero-order chi connectivity index (χ0) is 15.5. The zero-order valence-corrected chi connectivity index (χ0v) is 11.8. The molecule has 2 rings (SSSR count). The summed E-state index contributed by atoms with van der Waals surface area (Å²) in [5.41, 5.74) is 0.156. The second-order valence-corrected chi connectivity index (χ2v) is 5.76. The summed E-state index contributed by atoms with van der Waals surface area (Å²) in [6.45, 7) is 0.00214. The number of benzene rings is 1.